The Hall–Kier alpha value is -0.930. The molecule has 15 heavy (non-hydrogen) atoms. The van der Waals surface area contributed by atoms with Gasteiger partial charge in [-0.05, 0) is 25.1 Å². The number of pyridine rings is 1. The molecule has 2 nitrogen and oxygen atoms in total. The maximum absolute atomic E-state index is 5.80. The third kappa shape index (κ3) is 2.76. The summed E-state index contributed by atoms with van der Waals surface area (Å²) in [6.07, 6.45) is 1.70. The van der Waals surface area contributed by atoms with Crippen molar-refractivity contribution in [1.29, 1.82) is 0 Å². The zero-order valence-corrected chi connectivity index (χ0v) is 9.81. The SMILES string of the molecule is Cc1occc1SCc1cccc(Cl)n1. The molecule has 2 rings (SSSR count). The van der Waals surface area contributed by atoms with Crippen LogP contribution in [0.25, 0.3) is 0 Å². The van der Waals surface area contributed by atoms with Crippen molar-refractivity contribution in [2.24, 2.45) is 0 Å². The van der Waals surface area contributed by atoms with Gasteiger partial charge in [-0.15, -0.1) is 11.8 Å². The van der Waals surface area contributed by atoms with E-state index in [2.05, 4.69) is 4.98 Å². The summed E-state index contributed by atoms with van der Waals surface area (Å²) in [7, 11) is 0. The van der Waals surface area contributed by atoms with E-state index in [0.717, 1.165) is 22.1 Å². The molecule has 0 saturated carbocycles. The largest absolute Gasteiger partial charge is 0.468 e. The van der Waals surface area contributed by atoms with Crippen molar-refractivity contribution in [2.75, 3.05) is 0 Å². The quantitative estimate of drug-likeness (QED) is 0.600. The predicted octanol–water partition coefficient (Wildman–Crippen LogP) is 3.93. The van der Waals surface area contributed by atoms with Gasteiger partial charge in [-0.2, -0.15) is 0 Å². The van der Waals surface area contributed by atoms with Gasteiger partial charge in [0.1, 0.15) is 10.9 Å². The van der Waals surface area contributed by atoms with Crippen LogP contribution in [0.4, 0.5) is 0 Å². The van der Waals surface area contributed by atoms with Crippen LogP contribution >= 0.6 is 23.4 Å². The van der Waals surface area contributed by atoms with Crippen LogP contribution in [0.5, 0.6) is 0 Å². The number of nitrogens with zero attached hydrogens (tertiary/aromatic N) is 1. The third-order valence-corrected chi connectivity index (χ3v) is 3.34. The Morgan fingerprint density at radius 3 is 2.93 bits per heavy atom. The molecule has 0 spiro atoms. The van der Waals surface area contributed by atoms with Crippen LogP contribution in [0.3, 0.4) is 0 Å². The minimum absolute atomic E-state index is 0.539. The number of rotatable bonds is 3. The van der Waals surface area contributed by atoms with Crippen molar-refractivity contribution in [1.82, 2.24) is 4.98 Å². The van der Waals surface area contributed by atoms with Crippen LogP contribution in [0.15, 0.2) is 39.8 Å². The smallest absolute Gasteiger partial charge is 0.129 e. The van der Waals surface area contributed by atoms with Gasteiger partial charge in [0, 0.05) is 10.6 Å². The highest BCUT2D eigenvalue weighted by Crippen LogP contribution is 2.26. The normalized spacial score (nSPS) is 10.5. The highest BCUT2D eigenvalue weighted by molar-refractivity contribution is 7.98. The monoisotopic (exact) mass is 239 g/mol. The number of halogens is 1. The Labute approximate surface area is 97.7 Å². The Morgan fingerprint density at radius 1 is 1.40 bits per heavy atom. The van der Waals surface area contributed by atoms with Crippen LogP contribution in [-0.2, 0) is 5.75 Å². The fraction of sp³-hybridized carbons (Fsp3) is 0.182. The van der Waals surface area contributed by atoms with Crippen LogP contribution in [-0.4, -0.2) is 4.98 Å². The first-order chi connectivity index (χ1) is 7.25. The molecule has 0 bridgehead atoms. The van der Waals surface area contributed by atoms with Crippen molar-refractivity contribution in [3.63, 3.8) is 0 Å². The van der Waals surface area contributed by atoms with Gasteiger partial charge in [0.05, 0.1) is 12.0 Å². The van der Waals surface area contributed by atoms with Crippen LogP contribution in [0, 0.1) is 6.92 Å². The average Bonchev–Trinajstić information content (AvgIpc) is 2.61. The van der Waals surface area contributed by atoms with E-state index in [1.807, 2.05) is 25.1 Å². The Morgan fingerprint density at radius 2 is 2.27 bits per heavy atom. The third-order valence-electron chi connectivity index (χ3n) is 1.96. The maximum Gasteiger partial charge on any atom is 0.129 e. The number of hydrogen-bond acceptors (Lipinski definition) is 3. The lowest BCUT2D eigenvalue weighted by molar-refractivity contribution is 0.527. The molecule has 0 N–H and O–H groups in total. The Balaban J connectivity index is 2.02. The van der Waals surface area contributed by atoms with Crippen molar-refractivity contribution in [2.45, 2.75) is 17.6 Å². The number of furan rings is 1. The molecule has 78 valence electrons. The van der Waals surface area contributed by atoms with E-state index in [4.69, 9.17) is 16.0 Å². The molecule has 0 aromatic carbocycles. The summed E-state index contributed by atoms with van der Waals surface area (Å²) < 4.78 is 5.21. The summed E-state index contributed by atoms with van der Waals surface area (Å²) in [5, 5.41) is 0.539. The fourth-order valence-corrected chi connectivity index (χ4v) is 2.25. The van der Waals surface area contributed by atoms with Gasteiger partial charge in [-0.25, -0.2) is 4.98 Å². The van der Waals surface area contributed by atoms with Gasteiger partial charge in [0.25, 0.3) is 0 Å². The first-order valence-corrected chi connectivity index (χ1v) is 5.90. The van der Waals surface area contributed by atoms with E-state index < -0.39 is 0 Å². The molecule has 0 unspecified atom stereocenters. The molecule has 0 atom stereocenters. The van der Waals surface area contributed by atoms with E-state index >= 15 is 0 Å². The number of thioether (sulfide) groups is 1. The van der Waals surface area contributed by atoms with Gasteiger partial charge in [-0.1, -0.05) is 17.7 Å². The van der Waals surface area contributed by atoms with Crippen molar-refractivity contribution in [3.05, 3.63) is 47.1 Å². The van der Waals surface area contributed by atoms with Gasteiger partial charge in [0.15, 0.2) is 0 Å². The van der Waals surface area contributed by atoms with Crippen LogP contribution in [0.2, 0.25) is 5.15 Å². The summed E-state index contributed by atoms with van der Waals surface area (Å²) in [6, 6.07) is 7.62. The van der Waals surface area contributed by atoms with Crippen molar-refractivity contribution < 1.29 is 4.42 Å². The standard InChI is InChI=1S/C11H10ClNOS/c1-8-10(5-6-14-8)15-7-9-3-2-4-11(12)13-9/h2-6H,7H2,1H3. The molecule has 0 aliphatic heterocycles. The zero-order chi connectivity index (χ0) is 10.7. The molecule has 2 heterocycles. The molecule has 0 aliphatic carbocycles. The number of hydrogen-bond donors (Lipinski definition) is 0. The fourth-order valence-electron chi connectivity index (χ4n) is 1.21. The second-order valence-electron chi connectivity index (χ2n) is 3.08. The second kappa shape index (κ2) is 4.73. The second-order valence-corrected chi connectivity index (χ2v) is 4.49. The van der Waals surface area contributed by atoms with E-state index in [9.17, 15) is 0 Å². The Kier molecular flexibility index (Phi) is 3.34. The van der Waals surface area contributed by atoms with E-state index in [0.29, 0.717) is 5.15 Å². The van der Waals surface area contributed by atoms with Gasteiger partial charge in [-0.3, -0.25) is 0 Å². The average molecular weight is 240 g/mol. The molecule has 0 fully saturated rings. The lowest BCUT2D eigenvalue weighted by Crippen LogP contribution is -1.86. The highest BCUT2D eigenvalue weighted by atomic mass is 35.5. The summed E-state index contributed by atoms with van der Waals surface area (Å²) in [4.78, 5) is 5.37. The minimum Gasteiger partial charge on any atom is -0.468 e. The van der Waals surface area contributed by atoms with E-state index in [1.165, 1.54) is 0 Å². The molecule has 4 heteroatoms. The highest BCUT2D eigenvalue weighted by Gasteiger charge is 2.03. The van der Waals surface area contributed by atoms with Gasteiger partial charge < -0.3 is 4.42 Å². The molecule has 0 saturated heterocycles. The Bertz CT molecular complexity index is 455. The lowest BCUT2D eigenvalue weighted by Gasteiger charge is -2.00. The predicted molar refractivity (Wildman–Crippen MR) is 62.3 cm³/mol. The van der Waals surface area contributed by atoms with E-state index in [-0.39, 0.29) is 0 Å². The van der Waals surface area contributed by atoms with Gasteiger partial charge in [0.2, 0.25) is 0 Å². The topological polar surface area (TPSA) is 26.0 Å². The van der Waals surface area contributed by atoms with Crippen molar-refractivity contribution in [3.8, 4) is 0 Å². The number of aromatic nitrogens is 1. The van der Waals surface area contributed by atoms with Crippen LogP contribution in [0.1, 0.15) is 11.5 Å². The minimum atomic E-state index is 0.539. The zero-order valence-electron chi connectivity index (χ0n) is 8.24. The molecule has 2 aromatic rings. The van der Waals surface area contributed by atoms with E-state index in [1.54, 1.807) is 24.1 Å². The lowest BCUT2D eigenvalue weighted by atomic mass is 10.4. The molecule has 0 amide bonds. The maximum atomic E-state index is 5.80. The van der Waals surface area contributed by atoms with Gasteiger partial charge >= 0.3 is 0 Å². The molecule has 0 aliphatic rings. The first kappa shape index (κ1) is 10.6. The summed E-state index contributed by atoms with van der Waals surface area (Å²) in [5.74, 6) is 1.75. The number of aryl methyl sites for hydroxylation is 1. The molecular formula is C11H10ClNOS. The molecule has 2 aromatic heterocycles. The molecular weight excluding hydrogens is 230 g/mol. The summed E-state index contributed by atoms with van der Waals surface area (Å²) in [6.45, 7) is 1.95. The molecule has 0 radical (unpaired) electrons. The van der Waals surface area contributed by atoms with Crippen LogP contribution < -0.4 is 0 Å². The summed E-state index contributed by atoms with van der Waals surface area (Å²) in [5.41, 5.74) is 0.980. The van der Waals surface area contributed by atoms with Crippen molar-refractivity contribution >= 4 is 23.4 Å². The first-order valence-electron chi connectivity index (χ1n) is 4.54. The summed E-state index contributed by atoms with van der Waals surface area (Å²) >= 11 is 7.50.